The summed E-state index contributed by atoms with van der Waals surface area (Å²) in [6.07, 6.45) is -2.15. The average Bonchev–Trinajstić information content (AvgIpc) is 2.77. The minimum atomic E-state index is -4.56. The molecule has 0 aromatic heterocycles. The van der Waals surface area contributed by atoms with Crippen molar-refractivity contribution < 1.29 is 36.3 Å². The Labute approximate surface area is 184 Å². The standard InChI is InChI=1S/C21H25F3N2O5S/c1-31-18-11-9-17(10-12-18)26(15-5-3-2-4-6-20(27)25-28)32(29,30)19-13-7-16(8-14-19)21(22,23)24/h7-14,28H,2-6,15H2,1H3,(H,25,27). The molecule has 176 valence electrons. The normalized spacial score (nSPS) is 11.8. The number of hydrogen-bond donors (Lipinski definition) is 2. The lowest BCUT2D eigenvalue weighted by Gasteiger charge is -2.25. The highest BCUT2D eigenvalue weighted by atomic mass is 32.2. The van der Waals surface area contributed by atoms with E-state index in [9.17, 15) is 26.4 Å². The van der Waals surface area contributed by atoms with Crippen molar-refractivity contribution in [3.05, 3.63) is 54.1 Å². The number of unbranched alkanes of at least 4 members (excludes halogenated alkanes) is 3. The molecule has 0 fully saturated rings. The molecule has 1 amide bonds. The summed E-state index contributed by atoms with van der Waals surface area (Å²) in [5.74, 6) is 0.0394. The highest BCUT2D eigenvalue weighted by Crippen LogP contribution is 2.31. The summed E-state index contributed by atoms with van der Waals surface area (Å²) in [4.78, 5) is 10.8. The molecule has 0 aliphatic carbocycles. The molecule has 32 heavy (non-hydrogen) atoms. The SMILES string of the molecule is COc1ccc(N(CCCCCCC(=O)NO)S(=O)(=O)c2ccc(C(F)(F)F)cc2)cc1. The van der Waals surface area contributed by atoms with Crippen LogP contribution >= 0.6 is 0 Å². The van der Waals surface area contributed by atoms with Crippen LogP contribution in [0.2, 0.25) is 0 Å². The number of anilines is 1. The molecule has 0 bridgehead atoms. The summed E-state index contributed by atoms with van der Waals surface area (Å²) in [6.45, 7) is 0.0991. The van der Waals surface area contributed by atoms with E-state index >= 15 is 0 Å². The number of amides is 1. The van der Waals surface area contributed by atoms with Gasteiger partial charge in [0.1, 0.15) is 5.75 Å². The van der Waals surface area contributed by atoms with Gasteiger partial charge in [0.15, 0.2) is 0 Å². The van der Waals surface area contributed by atoms with E-state index in [0.717, 1.165) is 28.6 Å². The molecule has 2 N–H and O–H groups in total. The smallest absolute Gasteiger partial charge is 0.416 e. The Morgan fingerprint density at radius 2 is 1.59 bits per heavy atom. The molecule has 11 heteroatoms. The first kappa shape index (κ1) is 25.5. The second-order valence-corrected chi connectivity index (χ2v) is 8.86. The second kappa shape index (κ2) is 11.2. The van der Waals surface area contributed by atoms with Gasteiger partial charge in [-0.3, -0.25) is 14.3 Å². The van der Waals surface area contributed by atoms with Crippen LogP contribution in [-0.2, 0) is 21.0 Å². The lowest BCUT2D eigenvalue weighted by Crippen LogP contribution is -2.32. The van der Waals surface area contributed by atoms with Gasteiger partial charge >= 0.3 is 6.18 Å². The van der Waals surface area contributed by atoms with E-state index in [2.05, 4.69) is 0 Å². The first-order valence-corrected chi connectivity index (χ1v) is 11.3. The molecule has 2 aromatic rings. The van der Waals surface area contributed by atoms with Crippen molar-refractivity contribution in [2.24, 2.45) is 0 Å². The van der Waals surface area contributed by atoms with Crippen LogP contribution < -0.4 is 14.5 Å². The van der Waals surface area contributed by atoms with Crippen LogP contribution in [0.1, 0.15) is 37.7 Å². The number of nitrogens with one attached hydrogen (secondary N) is 1. The topological polar surface area (TPSA) is 95.9 Å². The van der Waals surface area contributed by atoms with Gasteiger partial charge in [-0.05, 0) is 61.4 Å². The molecular formula is C21H25F3N2O5S. The third-order valence-electron chi connectivity index (χ3n) is 4.77. The Balaban J connectivity index is 2.19. The number of alkyl halides is 3. The van der Waals surface area contributed by atoms with E-state index in [4.69, 9.17) is 9.94 Å². The molecule has 0 saturated heterocycles. The molecule has 0 saturated carbocycles. The summed E-state index contributed by atoms with van der Waals surface area (Å²) < 4.78 is 71.2. The second-order valence-electron chi connectivity index (χ2n) is 7.00. The van der Waals surface area contributed by atoms with Crippen molar-refractivity contribution >= 4 is 21.6 Å². The molecule has 0 radical (unpaired) electrons. The fraction of sp³-hybridized carbons (Fsp3) is 0.381. The fourth-order valence-corrected chi connectivity index (χ4v) is 4.53. The molecule has 7 nitrogen and oxygen atoms in total. The number of hydrogen-bond acceptors (Lipinski definition) is 5. The number of carbonyl (C=O) groups is 1. The summed E-state index contributed by atoms with van der Waals surface area (Å²) in [6, 6.07) is 9.69. The summed E-state index contributed by atoms with van der Waals surface area (Å²) >= 11 is 0. The number of nitrogens with zero attached hydrogens (tertiary/aromatic N) is 1. The van der Waals surface area contributed by atoms with E-state index < -0.39 is 27.7 Å². The molecule has 2 rings (SSSR count). The molecular weight excluding hydrogens is 449 g/mol. The van der Waals surface area contributed by atoms with Gasteiger partial charge in [0.25, 0.3) is 10.0 Å². The third-order valence-corrected chi connectivity index (χ3v) is 6.61. The first-order chi connectivity index (χ1) is 15.1. The van der Waals surface area contributed by atoms with Crippen molar-refractivity contribution in [1.82, 2.24) is 5.48 Å². The molecule has 0 aliphatic rings. The summed E-state index contributed by atoms with van der Waals surface area (Å²) in [5, 5.41) is 8.49. The molecule has 0 aliphatic heterocycles. The Morgan fingerprint density at radius 3 is 2.12 bits per heavy atom. The minimum absolute atomic E-state index is 0.0991. The van der Waals surface area contributed by atoms with Crippen molar-refractivity contribution in [1.29, 1.82) is 0 Å². The van der Waals surface area contributed by atoms with Gasteiger partial charge in [-0.15, -0.1) is 0 Å². The number of rotatable bonds is 11. The molecule has 0 heterocycles. The lowest BCUT2D eigenvalue weighted by molar-refractivity contribution is -0.137. The van der Waals surface area contributed by atoms with Crippen LogP contribution in [0.5, 0.6) is 5.75 Å². The van der Waals surface area contributed by atoms with Gasteiger partial charge in [0.2, 0.25) is 5.91 Å². The van der Waals surface area contributed by atoms with E-state index in [-0.39, 0.29) is 17.9 Å². The van der Waals surface area contributed by atoms with Gasteiger partial charge in [-0.25, -0.2) is 13.9 Å². The zero-order chi connectivity index (χ0) is 23.8. The first-order valence-electron chi connectivity index (χ1n) is 9.86. The van der Waals surface area contributed by atoms with Crippen LogP contribution in [0.3, 0.4) is 0 Å². The molecule has 0 spiro atoms. The number of hydroxylamine groups is 1. The number of sulfonamides is 1. The predicted molar refractivity (Wildman–Crippen MR) is 112 cm³/mol. The maximum atomic E-state index is 13.2. The Morgan fingerprint density at radius 1 is 1.00 bits per heavy atom. The van der Waals surface area contributed by atoms with Crippen LogP contribution in [0.25, 0.3) is 0 Å². The highest BCUT2D eigenvalue weighted by Gasteiger charge is 2.31. The van der Waals surface area contributed by atoms with Crippen LogP contribution in [0, 0.1) is 0 Å². The van der Waals surface area contributed by atoms with Crippen molar-refractivity contribution in [2.45, 2.75) is 43.2 Å². The van der Waals surface area contributed by atoms with Crippen molar-refractivity contribution in [3.63, 3.8) is 0 Å². The lowest BCUT2D eigenvalue weighted by atomic mass is 10.1. The third kappa shape index (κ3) is 6.86. The number of carbonyl (C=O) groups excluding carboxylic acids is 1. The zero-order valence-corrected chi connectivity index (χ0v) is 18.2. The summed E-state index contributed by atoms with van der Waals surface area (Å²) in [7, 11) is -2.64. The van der Waals surface area contributed by atoms with Gasteiger partial charge in [0.05, 0.1) is 23.3 Å². The molecule has 0 atom stereocenters. The van der Waals surface area contributed by atoms with Gasteiger partial charge < -0.3 is 4.74 Å². The quantitative estimate of drug-likeness (QED) is 0.287. The van der Waals surface area contributed by atoms with Crippen LogP contribution in [0.15, 0.2) is 53.4 Å². The van der Waals surface area contributed by atoms with E-state index in [1.54, 1.807) is 29.7 Å². The Kier molecular flexibility index (Phi) is 8.90. The molecule has 2 aromatic carbocycles. The zero-order valence-electron chi connectivity index (χ0n) is 17.4. The van der Waals surface area contributed by atoms with Gasteiger partial charge in [-0.1, -0.05) is 12.8 Å². The minimum Gasteiger partial charge on any atom is -0.497 e. The monoisotopic (exact) mass is 474 g/mol. The maximum Gasteiger partial charge on any atom is 0.416 e. The van der Waals surface area contributed by atoms with E-state index in [0.29, 0.717) is 37.1 Å². The number of halogens is 3. The summed E-state index contributed by atoms with van der Waals surface area (Å²) in [5.41, 5.74) is 0.970. The van der Waals surface area contributed by atoms with Crippen molar-refractivity contribution in [2.75, 3.05) is 18.0 Å². The van der Waals surface area contributed by atoms with Crippen molar-refractivity contribution in [3.8, 4) is 5.75 Å². The van der Waals surface area contributed by atoms with Gasteiger partial charge in [0, 0.05) is 13.0 Å². The van der Waals surface area contributed by atoms with E-state index in [1.165, 1.54) is 7.11 Å². The Bertz CT molecular complexity index is 978. The number of benzene rings is 2. The largest absolute Gasteiger partial charge is 0.497 e. The maximum absolute atomic E-state index is 13.2. The van der Waals surface area contributed by atoms with Crippen LogP contribution in [-0.4, -0.2) is 33.2 Å². The average molecular weight is 475 g/mol. The number of ether oxygens (including phenoxy) is 1. The fourth-order valence-electron chi connectivity index (χ4n) is 3.03. The van der Waals surface area contributed by atoms with E-state index in [1.807, 2.05) is 0 Å². The van der Waals surface area contributed by atoms with Gasteiger partial charge in [-0.2, -0.15) is 13.2 Å². The highest BCUT2D eigenvalue weighted by molar-refractivity contribution is 7.92. The number of methoxy groups -OCH3 is 1. The Hall–Kier alpha value is -2.79. The van der Waals surface area contributed by atoms with Crippen LogP contribution in [0.4, 0.5) is 18.9 Å². The predicted octanol–water partition coefficient (Wildman–Crippen LogP) is 4.37. The molecule has 0 unspecified atom stereocenters.